The summed E-state index contributed by atoms with van der Waals surface area (Å²) < 4.78 is 15.3. The molecule has 1 aromatic rings. The zero-order valence-corrected chi connectivity index (χ0v) is 15.7. The maximum absolute atomic E-state index is 12.3. The average Bonchev–Trinajstić information content (AvgIpc) is 2.62. The third kappa shape index (κ3) is 5.82. The zero-order valence-electron chi connectivity index (χ0n) is 15.7. The van der Waals surface area contributed by atoms with Gasteiger partial charge < -0.3 is 19.2 Å². The highest BCUT2D eigenvalue weighted by atomic mass is 16.7. The van der Waals surface area contributed by atoms with E-state index in [-0.39, 0.29) is 35.8 Å². The minimum atomic E-state index is -1.17. The first-order valence-electron chi connectivity index (χ1n) is 9.27. The molecule has 0 saturated heterocycles. The predicted octanol–water partition coefficient (Wildman–Crippen LogP) is 2.69. The van der Waals surface area contributed by atoms with Gasteiger partial charge in [-0.05, 0) is 30.9 Å². The molecule has 8 heteroatoms. The first-order chi connectivity index (χ1) is 13.0. The minimum absolute atomic E-state index is 0.0815. The van der Waals surface area contributed by atoms with Crippen LogP contribution < -0.4 is 4.65 Å². The van der Waals surface area contributed by atoms with Crippen molar-refractivity contribution < 1.29 is 33.5 Å². The van der Waals surface area contributed by atoms with Gasteiger partial charge in [0, 0.05) is 25.1 Å². The van der Waals surface area contributed by atoms with Crippen LogP contribution in [0.3, 0.4) is 0 Å². The molecule has 0 spiro atoms. The lowest BCUT2D eigenvalue weighted by molar-refractivity contribution is -0.152. The highest BCUT2D eigenvalue weighted by molar-refractivity contribution is 6.47. The fraction of sp³-hybridized carbons (Fsp3) is 0.526. The van der Waals surface area contributed by atoms with Gasteiger partial charge in [-0.25, -0.2) is 4.79 Å². The first-order valence-corrected chi connectivity index (χ1v) is 9.27. The number of hydrogen-bond donors (Lipinski definition) is 1. The van der Waals surface area contributed by atoms with Crippen LogP contribution in [0, 0.1) is 0 Å². The summed E-state index contributed by atoms with van der Waals surface area (Å²) in [5, 5.41) is 10.3. The van der Waals surface area contributed by atoms with E-state index in [9.17, 15) is 19.4 Å². The second kappa shape index (κ2) is 10.1. The Hall–Kier alpha value is -2.35. The Balaban J connectivity index is 2.03. The van der Waals surface area contributed by atoms with E-state index in [1.807, 2.05) is 13.8 Å². The molecule has 0 fully saturated rings. The van der Waals surface area contributed by atoms with E-state index in [0.717, 1.165) is 12.0 Å². The van der Waals surface area contributed by atoms with Crippen LogP contribution in [0.1, 0.15) is 61.9 Å². The Bertz CT molecular complexity index is 689. The summed E-state index contributed by atoms with van der Waals surface area (Å²) in [7, 11) is -1.17. The maximum atomic E-state index is 12.3. The van der Waals surface area contributed by atoms with Gasteiger partial charge in [0.15, 0.2) is 0 Å². The smallest absolute Gasteiger partial charge is 0.526 e. The maximum Gasteiger partial charge on any atom is 0.526 e. The number of ether oxygens (including phenoxy) is 2. The van der Waals surface area contributed by atoms with Gasteiger partial charge in [-0.15, -0.1) is 0 Å². The molecular weight excluding hydrogens is 351 g/mol. The fourth-order valence-electron chi connectivity index (χ4n) is 2.99. The van der Waals surface area contributed by atoms with Crippen molar-refractivity contribution in [3.8, 4) is 5.75 Å². The van der Waals surface area contributed by atoms with Crippen LogP contribution >= 0.6 is 0 Å². The average molecular weight is 376 g/mol. The Morgan fingerprint density at radius 1 is 1.19 bits per heavy atom. The summed E-state index contributed by atoms with van der Waals surface area (Å²) in [5.74, 6) is -1.17. The van der Waals surface area contributed by atoms with Crippen LogP contribution in [0.4, 0.5) is 0 Å². The van der Waals surface area contributed by atoms with Crippen LogP contribution in [0.25, 0.3) is 0 Å². The van der Waals surface area contributed by atoms with Crippen LogP contribution in [-0.2, 0) is 25.5 Å². The fourth-order valence-corrected chi connectivity index (χ4v) is 2.99. The van der Waals surface area contributed by atoms with Crippen molar-refractivity contribution in [2.45, 2.75) is 58.2 Å². The van der Waals surface area contributed by atoms with Crippen molar-refractivity contribution in [3.63, 3.8) is 0 Å². The topological polar surface area (TPSA) is 99.1 Å². The molecule has 2 rings (SSSR count). The van der Waals surface area contributed by atoms with Crippen molar-refractivity contribution in [1.82, 2.24) is 0 Å². The van der Waals surface area contributed by atoms with E-state index in [2.05, 4.69) is 0 Å². The quantitative estimate of drug-likeness (QED) is 0.402. The lowest BCUT2D eigenvalue weighted by Crippen LogP contribution is -2.36. The van der Waals surface area contributed by atoms with Gasteiger partial charge >= 0.3 is 19.1 Å². The number of hydrogen-bond acceptors (Lipinski definition) is 7. The minimum Gasteiger partial charge on any atom is -0.535 e. The molecule has 1 aromatic carbocycles. The number of benzene rings is 1. The summed E-state index contributed by atoms with van der Waals surface area (Å²) in [6.07, 6.45) is 2.80. The first kappa shape index (κ1) is 21.0. The molecule has 1 N–H and O–H groups in total. The SMILES string of the molecule is CCCC(=O)C[C@H]1Cc2cccc(C(=O)OCOC(=O)CCC)c2OB1O. The van der Waals surface area contributed by atoms with E-state index in [4.69, 9.17) is 14.1 Å². The zero-order chi connectivity index (χ0) is 19.8. The number of ketones is 1. The van der Waals surface area contributed by atoms with Crippen molar-refractivity contribution >= 4 is 24.8 Å². The molecule has 0 bridgehead atoms. The van der Waals surface area contributed by atoms with Crippen LogP contribution in [-0.4, -0.2) is 36.7 Å². The molecule has 0 saturated carbocycles. The van der Waals surface area contributed by atoms with Gasteiger partial charge in [0.25, 0.3) is 0 Å². The van der Waals surface area contributed by atoms with E-state index < -0.39 is 25.8 Å². The van der Waals surface area contributed by atoms with Gasteiger partial charge in [0.1, 0.15) is 17.1 Å². The van der Waals surface area contributed by atoms with E-state index in [1.165, 1.54) is 6.07 Å². The molecule has 0 aliphatic carbocycles. The molecule has 1 atom stereocenters. The second-order valence-corrected chi connectivity index (χ2v) is 6.58. The van der Waals surface area contributed by atoms with Crippen LogP contribution in [0.2, 0.25) is 5.82 Å². The summed E-state index contributed by atoms with van der Waals surface area (Å²) in [6.45, 7) is 3.30. The lowest BCUT2D eigenvalue weighted by atomic mass is 9.64. The molecule has 146 valence electrons. The predicted molar refractivity (Wildman–Crippen MR) is 98.3 cm³/mol. The van der Waals surface area contributed by atoms with Gasteiger partial charge in [0.2, 0.25) is 6.79 Å². The third-order valence-electron chi connectivity index (χ3n) is 4.32. The molecule has 1 aliphatic heterocycles. The monoisotopic (exact) mass is 376 g/mol. The van der Waals surface area contributed by atoms with Gasteiger partial charge in [0.05, 0.1) is 0 Å². The number of rotatable bonds is 9. The Kier molecular flexibility index (Phi) is 7.85. The molecule has 27 heavy (non-hydrogen) atoms. The van der Waals surface area contributed by atoms with Crippen molar-refractivity contribution in [2.75, 3.05) is 6.79 Å². The summed E-state index contributed by atoms with van der Waals surface area (Å²) in [4.78, 5) is 35.5. The molecule has 0 aromatic heterocycles. The van der Waals surface area contributed by atoms with E-state index in [0.29, 0.717) is 19.3 Å². The van der Waals surface area contributed by atoms with Gasteiger partial charge in [-0.2, -0.15) is 0 Å². The number of para-hydroxylation sites is 1. The standard InChI is InChI=1S/C19H25BO7/c1-3-6-15(21)11-14-10-13-8-5-9-16(18(13)27-20(14)24)19(23)26-12-25-17(22)7-4-2/h5,8-9,14,24H,3-4,6-7,10-12H2,1-2H3/t14-/m1/s1. The van der Waals surface area contributed by atoms with E-state index >= 15 is 0 Å². The van der Waals surface area contributed by atoms with Crippen molar-refractivity contribution in [1.29, 1.82) is 0 Å². The summed E-state index contributed by atoms with van der Waals surface area (Å²) >= 11 is 0. The largest absolute Gasteiger partial charge is 0.535 e. The third-order valence-corrected chi connectivity index (χ3v) is 4.32. The molecule has 1 heterocycles. The number of carbonyl (C=O) groups is 3. The highest BCUT2D eigenvalue weighted by Crippen LogP contribution is 2.36. The molecule has 0 radical (unpaired) electrons. The normalized spacial score (nSPS) is 15.5. The highest BCUT2D eigenvalue weighted by Gasteiger charge is 2.37. The molecule has 0 amide bonds. The number of carbonyl (C=O) groups excluding carboxylic acids is 3. The Morgan fingerprint density at radius 3 is 2.63 bits per heavy atom. The van der Waals surface area contributed by atoms with Crippen molar-refractivity contribution in [3.05, 3.63) is 29.3 Å². The Labute approximate surface area is 159 Å². The van der Waals surface area contributed by atoms with E-state index in [1.54, 1.807) is 12.1 Å². The Morgan fingerprint density at radius 2 is 1.93 bits per heavy atom. The van der Waals surface area contributed by atoms with Gasteiger partial charge in [-0.1, -0.05) is 26.0 Å². The summed E-state index contributed by atoms with van der Waals surface area (Å²) in [6, 6.07) is 4.99. The molecule has 0 unspecified atom stereocenters. The van der Waals surface area contributed by atoms with Crippen molar-refractivity contribution in [2.24, 2.45) is 0 Å². The number of esters is 2. The molecule has 1 aliphatic rings. The van der Waals surface area contributed by atoms with Crippen LogP contribution in [0.5, 0.6) is 5.75 Å². The summed E-state index contributed by atoms with van der Waals surface area (Å²) in [5.41, 5.74) is 0.878. The second-order valence-electron chi connectivity index (χ2n) is 6.58. The number of fused-ring (bicyclic) bond motifs is 1. The van der Waals surface area contributed by atoms with Crippen LogP contribution in [0.15, 0.2) is 18.2 Å². The lowest BCUT2D eigenvalue weighted by Gasteiger charge is -2.28. The molecule has 7 nitrogen and oxygen atoms in total. The van der Waals surface area contributed by atoms with Gasteiger partial charge in [-0.3, -0.25) is 9.59 Å². The number of Topliss-reactive ketones (excluding diaryl/α,β-unsaturated/α-hetero) is 1. The molecular formula is C19H25BO7.